The Morgan fingerprint density at radius 2 is 1.89 bits per heavy atom. The second-order valence-electron chi connectivity index (χ2n) is 6.52. The number of rotatable bonds is 6. The third-order valence-electron chi connectivity index (χ3n) is 4.58. The van der Waals surface area contributed by atoms with Gasteiger partial charge in [0, 0.05) is 63.1 Å². The first-order chi connectivity index (χ1) is 13.1. The van der Waals surface area contributed by atoms with Gasteiger partial charge in [-0.05, 0) is 31.2 Å². The molecular weight excluding hydrogens is 490 g/mol. The van der Waals surface area contributed by atoms with Crippen molar-refractivity contribution in [2.24, 2.45) is 4.99 Å². The molecule has 0 spiro atoms. The lowest BCUT2D eigenvalue weighted by molar-refractivity contribution is 0.261. The Balaban J connectivity index is 0.00000280. The lowest BCUT2D eigenvalue weighted by Gasteiger charge is -2.36. The first-order valence-electron chi connectivity index (χ1n) is 9.23. The molecule has 0 saturated carbocycles. The summed E-state index contributed by atoms with van der Waals surface area (Å²) in [7, 11) is 1.78. The summed E-state index contributed by atoms with van der Waals surface area (Å²) in [6, 6.07) is 6.76. The Morgan fingerprint density at radius 3 is 2.50 bits per heavy atom. The van der Waals surface area contributed by atoms with Gasteiger partial charge in [0.1, 0.15) is 10.8 Å². The first kappa shape index (κ1) is 22.8. The average Bonchev–Trinajstić information content (AvgIpc) is 3.11. The lowest BCUT2D eigenvalue weighted by atomic mass is 10.2. The molecule has 0 bridgehead atoms. The van der Waals surface area contributed by atoms with E-state index >= 15 is 0 Å². The van der Waals surface area contributed by atoms with Gasteiger partial charge in [0.05, 0.1) is 6.54 Å². The number of nitrogens with one attached hydrogen (secondary N) is 2. The van der Waals surface area contributed by atoms with Gasteiger partial charge < -0.3 is 15.5 Å². The van der Waals surface area contributed by atoms with E-state index in [1.807, 2.05) is 18.3 Å². The molecule has 0 aliphatic carbocycles. The Bertz CT molecular complexity index is 743. The van der Waals surface area contributed by atoms with E-state index < -0.39 is 0 Å². The van der Waals surface area contributed by atoms with Crippen LogP contribution in [0, 0.1) is 12.7 Å². The molecule has 1 aliphatic heterocycles. The summed E-state index contributed by atoms with van der Waals surface area (Å²) in [6.45, 7) is 8.48. The highest BCUT2D eigenvalue weighted by Gasteiger charge is 2.16. The fourth-order valence-electron chi connectivity index (χ4n) is 3.08. The monoisotopic (exact) mass is 518 g/mol. The van der Waals surface area contributed by atoms with Crippen LogP contribution in [0.25, 0.3) is 0 Å². The van der Waals surface area contributed by atoms with Crippen LogP contribution in [-0.4, -0.2) is 62.2 Å². The highest BCUT2D eigenvalue weighted by Crippen LogP contribution is 2.16. The predicted octanol–water partition coefficient (Wildman–Crippen LogP) is 2.70. The number of aromatic nitrogens is 1. The summed E-state index contributed by atoms with van der Waals surface area (Å²) in [4.78, 5) is 14.6. The minimum absolute atomic E-state index is 0. The molecule has 2 aromatic rings. The van der Waals surface area contributed by atoms with Gasteiger partial charge in [-0.1, -0.05) is 0 Å². The van der Waals surface area contributed by atoms with Gasteiger partial charge in [-0.3, -0.25) is 9.89 Å². The van der Waals surface area contributed by atoms with Crippen molar-refractivity contribution >= 4 is 47.0 Å². The second-order valence-corrected chi connectivity index (χ2v) is 7.84. The Labute approximate surface area is 187 Å². The van der Waals surface area contributed by atoms with Crippen molar-refractivity contribution in [3.8, 4) is 0 Å². The van der Waals surface area contributed by atoms with E-state index in [9.17, 15) is 4.39 Å². The van der Waals surface area contributed by atoms with Gasteiger partial charge >= 0.3 is 0 Å². The summed E-state index contributed by atoms with van der Waals surface area (Å²) < 4.78 is 13.1. The highest BCUT2D eigenvalue weighted by molar-refractivity contribution is 14.0. The molecule has 6 nitrogen and oxygen atoms in total. The number of piperazine rings is 1. The van der Waals surface area contributed by atoms with E-state index in [2.05, 4.69) is 37.3 Å². The molecule has 1 aromatic carbocycles. The van der Waals surface area contributed by atoms with Crippen molar-refractivity contribution in [3.63, 3.8) is 0 Å². The molecule has 1 aliphatic rings. The van der Waals surface area contributed by atoms with Crippen molar-refractivity contribution < 1.29 is 4.39 Å². The molecule has 1 saturated heterocycles. The smallest absolute Gasteiger partial charge is 0.191 e. The maximum atomic E-state index is 13.1. The minimum atomic E-state index is -0.185. The number of aliphatic imine (C=N–C) groups is 1. The Hall–Kier alpha value is -1.46. The largest absolute Gasteiger partial charge is 0.369 e. The molecule has 9 heteroatoms. The fraction of sp³-hybridized carbons (Fsp3) is 0.474. The van der Waals surface area contributed by atoms with Crippen LogP contribution in [0.4, 0.5) is 10.1 Å². The van der Waals surface area contributed by atoms with Crippen LogP contribution >= 0.6 is 35.3 Å². The molecule has 0 radical (unpaired) electrons. The molecule has 0 unspecified atom stereocenters. The standard InChI is InChI=1S/C19H27FN6S.HI/c1-15-13-23-18(27-15)14-24-19(21-2)22-7-8-25-9-11-26(12-10-25)17-5-3-16(20)4-6-17;/h3-6,13H,7-12,14H2,1-2H3,(H2,21,22,24);1H. The van der Waals surface area contributed by atoms with Gasteiger partial charge in [0.2, 0.25) is 0 Å². The molecule has 0 amide bonds. The number of hydrogen-bond acceptors (Lipinski definition) is 5. The SMILES string of the molecule is CN=C(NCCN1CCN(c2ccc(F)cc2)CC1)NCc1ncc(C)s1.I. The van der Waals surface area contributed by atoms with Crippen molar-refractivity contribution in [2.45, 2.75) is 13.5 Å². The van der Waals surface area contributed by atoms with E-state index in [-0.39, 0.29) is 29.8 Å². The Morgan fingerprint density at radius 1 is 1.18 bits per heavy atom. The predicted molar refractivity (Wildman–Crippen MR) is 126 cm³/mol. The van der Waals surface area contributed by atoms with E-state index in [4.69, 9.17) is 0 Å². The topological polar surface area (TPSA) is 55.8 Å². The normalized spacial score (nSPS) is 15.2. The van der Waals surface area contributed by atoms with Gasteiger partial charge in [-0.2, -0.15) is 0 Å². The van der Waals surface area contributed by atoms with Crippen LogP contribution in [0.3, 0.4) is 0 Å². The third-order valence-corrected chi connectivity index (χ3v) is 5.50. The van der Waals surface area contributed by atoms with Gasteiger partial charge in [-0.25, -0.2) is 9.37 Å². The highest BCUT2D eigenvalue weighted by atomic mass is 127. The number of benzene rings is 1. The Kier molecular flexibility index (Phi) is 9.39. The zero-order valence-corrected chi connectivity index (χ0v) is 19.5. The number of guanidine groups is 1. The summed E-state index contributed by atoms with van der Waals surface area (Å²) >= 11 is 1.70. The van der Waals surface area contributed by atoms with Crippen LogP contribution < -0.4 is 15.5 Å². The minimum Gasteiger partial charge on any atom is -0.369 e. The molecule has 1 aromatic heterocycles. The number of halogens is 2. The molecule has 1 fully saturated rings. The molecule has 3 rings (SSSR count). The van der Waals surface area contributed by atoms with Crippen LogP contribution in [-0.2, 0) is 6.54 Å². The number of thiazole rings is 1. The maximum absolute atomic E-state index is 13.1. The van der Waals surface area contributed by atoms with E-state index in [1.165, 1.54) is 17.0 Å². The second kappa shape index (κ2) is 11.5. The summed E-state index contributed by atoms with van der Waals surface area (Å²) in [5.41, 5.74) is 1.09. The van der Waals surface area contributed by atoms with Gasteiger partial charge in [0.25, 0.3) is 0 Å². The number of nitrogens with zero attached hydrogens (tertiary/aromatic N) is 4. The van der Waals surface area contributed by atoms with E-state index in [0.717, 1.165) is 55.9 Å². The zero-order valence-electron chi connectivity index (χ0n) is 16.3. The number of hydrogen-bond donors (Lipinski definition) is 2. The summed E-state index contributed by atoms with van der Waals surface area (Å²) in [5.74, 6) is 0.614. The maximum Gasteiger partial charge on any atom is 0.191 e. The third kappa shape index (κ3) is 6.85. The number of aryl methyl sites for hydroxylation is 1. The average molecular weight is 518 g/mol. The summed E-state index contributed by atoms with van der Waals surface area (Å²) in [5, 5.41) is 7.72. The van der Waals surface area contributed by atoms with Crippen molar-refractivity contribution in [1.29, 1.82) is 0 Å². The van der Waals surface area contributed by atoms with Crippen molar-refractivity contribution in [1.82, 2.24) is 20.5 Å². The fourth-order valence-corrected chi connectivity index (χ4v) is 3.80. The molecule has 2 heterocycles. The molecular formula is C19H28FIN6S. The molecule has 2 N–H and O–H groups in total. The van der Waals surface area contributed by atoms with Crippen LogP contribution in [0.5, 0.6) is 0 Å². The number of anilines is 1. The lowest BCUT2D eigenvalue weighted by Crippen LogP contribution is -2.49. The van der Waals surface area contributed by atoms with Gasteiger partial charge in [0.15, 0.2) is 5.96 Å². The van der Waals surface area contributed by atoms with E-state index in [1.54, 1.807) is 18.4 Å². The van der Waals surface area contributed by atoms with Crippen molar-refractivity contribution in [3.05, 3.63) is 46.2 Å². The molecule has 0 atom stereocenters. The molecule has 28 heavy (non-hydrogen) atoms. The first-order valence-corrected chi connectivity index (χ1v) is 10.0. The van der Waals surface area contributed by atoms with E-state index in [0.29, 0.717) is 6.54 Å². The van der Waals surface area contributed by atoms with Crippen molar-refractivity contribution in [2.75, 3.05) is 51.2 Å². The van der Waals surface area contributed by atoms with Gasteiger partial charge in [-0.15, -0.1) is 35.3 Å². The summed E-state index contributed by atoms with van der Waals surface area (Å²) in [6.07, 6.45) is 1.89. The quantitative estimate of drug-likeness (QED) is 0.350. The molecule has 154 valence electrons. The van der Waals surface area contributed by atoms with Crippen LogP contribution in [0.2, 0.25) is 0 Å². The van der Waals surface area contributed by atoms with Crippen LogP contribution in [0.15, 0.2) is 35.5 Å². The zero-order chi connectivity index (χ0) is 19.1. The van der Waals surface area contributed by atoms with Crippen LogP contribution in [0.1, 0.15) is 9.88 Å².